The molecule has 1 aromatic heterocycles. The second kappa shape index (κ2) is 3.54. The van der Waals surface area contributed by atoms with E-state index in [0.717, 1.165) is 11.1 Å². The molecule has 88 valence electrons. The van der Waals surface area contributed by atoms with Crippen molar-refractivity contribution in [2.24, 2.45) is 0 Å². The largest absolute Gasteiger partial charge is 0.266 e. The number of nitrogens with zero attached hydrogens (tertiary/aromatic N) is 2. The van der Waals surface area contributed by atoms with Gasteiger partial charge in [0.05, 0.1) is 11.4 Å². The van der Waals surface area contributed by atoms with E-state index in [2.05, 4.69) is 4.98 Å². The number of aromatic nitrogens is 1. The summed E-state index contributed by atoms with van der Waals surface area (Å²) in [5, 5.41) is 2.30. The minimum Gasteiger partial charge on any atom is -0.237 e. The predicted molar refractivity (Wildman–Crippen MR) is 66.7 cm³/mol. The van der Waals surface area contributed by atoms with E-state index in [9.17, 15) is 8.42 Å². The molecule has 4 nitrogen and oxygen atoms in total. The van der Waals surface area contributed by atoms with Crippen LogP contribution in [0.5, 0.6) is 0 Å². The van der Waals surface area contributed by atoms with E-state index in [1.54, 1.807) is 17.6 Å². The van der Waals surface area contributed by atoms with E-state index in [1.165, 1.54) is 15.6 Å². The summed E-state index contributed by atoms with van der Waals surface area (Å²) in [6.07, 6.45) is 1.61. The Balaban J connectivity index is 2.16. The Bertz CT molecular complexity index is 663. The third-order valence-corrected chi connectivity index (χ3v) is 5.48. The number of thiazole rings is 1. The monoisotopic (exact) mass is 266 g/mol. The lowest BCUT2D eigenvalue weighted by Crippen LogP contribution is -2.23. The molecule has 0 atom stereocenters. The molecule has 0 spiro atoms. The maximum Gasteiger partial charge on any atom is 0.266 e. The average molecular weight is 266 g/mol. The Morgan fingerprint density at radius 2 is 2.24 bits per heavy atom. The van der Waals surface area contributed by atoms with Gasteiger partial charge in [0.15, 0.2) is 5.13 Å². The summed E-state index contributed by atoms with van der Waals surface area (Å²) < 4.78 is 25.9. The predicted octanol–water partition coefficient (Wildman–Crippen LogP) is 2.16. The highest BCUT2D eigenvalue weighted by molar-refractivity contribution is 7.93. The van der Waals surface area contributed by atoms with Crippen molar-refractivity contribution in [1.82, 2.24) is 4.98 Å². The van der Waals surface area contributed by atoms with Crippen LogP contribution in [0.25, 0.3) is 0 Å². The van der Waals surface area contributed by atoms with Gasteiger partial charge in [-0.1, -0.05) is 17.7 Å². The zero-order valence-corrected chi connectivity index (χ0v) is 10.8. The standard InChI is InChI=1S/C11H10N2O2S2/c1-8-2-3-10-9(6-8)7-13(17(10,14)15)11-12-4-5-16-11/h2-6H,7H2,1H3. The molecule has 6 heteroatoms. The number of hydrogen-bond acceptors (Lipinski definition) is 4. The topological polar surface area (TPSA) is 50.3 Å². The van der Waals surface area contributed by atoms with Gasteiger partial charge in [0, 0.05) is 11.6 Å². The molecule has 2 aromatic rings. The summed E-state index contributed by atoms with van der Waals surface area (Å²) >= 11 is 1.33. The molecular formula is C11H10N2O2S2. The van der Waals surface area contributed by atoms with Crippen LogP contribution in [0.1, 0.15) is 11.1 Å². The van der Waals surface area contributed by atoms with Crippen LogP contribution in [0.3, 0.4) is 0 Å². The maximum atomic E-state index is 12.3. The first-order valence-corrected chi connectivity index (χ1v) is 7.43. The fourth-order valence-corrected chi connectivity index (χ4v) is 4.42. The quantitative estimate of drug-likeness (QED) is 0.794. The summed E-state index contributed by atoms with van der Waals surface area (Å²) in [6, 6.07) is 5.41. The highest BCUT2D eigenvalue weighted by Crippen LogP contribution is 2.35. The first-order chi connectivity index (χ1) is 8.09. The Kier molecular flexibility index (Phi) is 2.24. The van der Waals surface area contributed by atoms with E-state index in [1.807, 2.05) is 19.1 Å². The molecule has 3 rings (SSSR count). The number of aryl methyl sites for hydroxylation is 1. The van der Waals surface area contributed by atoms with Crippen LogP contribution in [0.2, 0.25) is 0 Å². The summed E-state index contributed by atoms with van der Waals surface area (Å²) in [6.45, 7) is 2.34. The van der Waals surface area contributed by atoms with Crippen molar-refractivity contribution in [3.63, 3.8) is 0 Å². The van der Waals surface area contributed by atoms with Gasteiger partial charge in [-0.25, -0.2) is 17.7 Å². The van der Waals surface area contributed by atoms with Gasteiger partial charge in [-0.05, 0) is 18.6 Å². The molecule has 1 aromatic carbocycles. The van der Waals surface area contributed by atoms with Gasteiger partial charge in [-0.2, -0.15) is 0 Å². The van der Waals surface area contributed by atoms with Crippen molar-refractivity contribution in [3.05, 3.63) is 40.9 Å². The Hall–Kier alpha value is -1.40. The number of hydrogen-bond donors (Lipinski definition) is 0. The fourth-order valence-electron chi connectivity index (χ4n) is 1.95. The minimum absolute atomic E-state index is 0.382. The smallest absolute Gasteiger partial charge is 0.237 e. The van der Waals surface area contributed by atoms with Gasteiger partial charge in [-0.3, -0.25) is 0 Å². The Labute approximate surface area is 104 Å². The first-order valence-electron chi connectivity index (χ1n) is 5.11. The SMILES string of the molecule is Cc1ccc2c(c1)CN(c1nccs1)S2(=O)=O. The van der Waals surface area contributed by atoms with E-state index < -0.39 is 10.0 Å². The van der Waals surface area contributed by atoms with Crippen molar-refractivity contribution in [2.45, 2.75) is 18.4 Å². The molecule has 0 saturated heterocycles. The van der Waals surface area contributed by atoms with Gasteiger partial charge in [0.25, 0.3) is 10.0 Å². The second-order valence-corrected chi connectivity index (χ2v) is 6.64. The fraction of sp³-hybridized carbons (Fsp3) is 0.182. The van der Waals surface area contributed by atoms with Crippen molar-refractivity contribution >= 4 is 26.5 Å². The first kappa shape index (κ1) is 10.7. The third-order valence-electron chi connectivity index (χ3n) is 2.73. The summed E-state index contributed by atoms with van der Waals surface area (Å²) in [4.78, 5) is 4.47. The van der Waals surface area contributed by atoms with Gasteiger partial charge < -0.3 is 0 Å². The van der Waals surface area contributed by atoms with Crippen molar-refractivity contribution in [1.29, 1.82) is 0 Å². The highest BCUT2D eigenvalue weighted by Gasteiger charge is 2.35. The number of rotatable bonds is 1. The number of sulfonamides is 1. The number of anilines is 1. The molecule has 0 unspecified atom stereocenters. The summed E-state index contributed by atoms with van der Waals surface area (Å²) in [5.74, 6) is 0. The molecule has 0 radical (unpaired) electrons. The molecule has 17 heavy (non-hydrogen) atoms. The molecular weight excluding hydrogens is 256 g/mol. The molecule has 2 heterocycles. The molecule has 0 saturated carbocycles. The lowest BCUT2D eigenvalue weighted by molar-refractivity contribution is 0.596. The van der Waals surface area contributed by atoms with Crippen LogP contribution >= 0.6 is 11.3 Å². The van der Waals surface area contributed by atoms with E-state index >= 15 is 0 Å². The van der Waals surface area contributed by atoms with E-state index in [0.29, 0.717) is 16.6 Å². The lowest BCUT2D eigenvalue weighted by Gasteiger charge is -2.12. The van der Waals surface area contributed by atoms with E-state index in [-0.39, 0.29) is 0 Å². The molecule has 1 aliphatic rings. The minimum atomic E-state index is -3.40. The molecule has 0 bridgehead atoms. The van der Waals surface area contributed by atoms with Crippen LogP contribution < -0.4 is 4.31 Å². The van der Waals surface area contributed by atoms with Crippen LogP contribution in [-0.2, 0) is 16.6 Å². The molecule has 0 amide bonds. The van der Waals surface area contributed by atoms with Crippen LogP contribution in [0.4, 0.5) is 5.13 Å². The normalized spacial score (nSPS) is 17.1. The molecule has 0 N–H and O–H groups in total. The van der Waals surface area contributed by atoms with Crippen molar-refractivity contribution in [2.75, 3.05) is 4.31 Å². The number of fused-ring (bicyclic) bond motifs is 1. The Morgan fingerprint density at radius 1 is 1.41 bits per heavy atom. The summed E-state index contributed by atoms with van der Waals surface area (Å²) in [7, 11) is -3.40. The maximum absolute atomic E-state index is 12.3. The summed E-state index contributed by atoms with van der Waals surface area (Å²) in [5.41, 5.74) is 1.92. The van der Waals surface area contributed by atoms with Gasteiger partial charge in [0.2, 0.25) is 0 Å². The lowest BCUT2D eigenvalue weighted by atomic mass is 10.1. The number of benzene rings is 1. The molecule has 0 fully saturated rings. The Morgan fingerprint density at radius 3 is 2.94 bits per heavy atom. The van der Waals surface area contributed by atoms with Gasteiger partial charge >= 0.3 is 0 Å². The second-order valence-electron chi connectivity index (χ2n) is 3.94. The molecule has 1 aliphatic heterocycles. The van der Waals surface area contributed by atoms with Crippen molar-refractivity contribution < 1.29 is 8.42 Å². The van der Waals surface area contributed by atoms with E-state index in [4.69, 9.17) is 0 Å². The van der Waals surface area contributed by atoms with Crippen LogP contribution in [0.15, 0.2) is 34.7 Å². The van der Waals surface area contributed by atoms with Crippen LogP contribution in [0, 0.1) is 6.92 Å². The van der Waals surface area contributed by atoms with Crippen LogP contribution in [-0.4, -0.2) is 13.4 Å². The van der Waals surface area contributed by atoms with Crippen molar-refractivity contribution in [3.8, 4) is 0 Å². The van der Waals surface area contributed by atoms with Gasteiger partial charge in [0.1, 0.15) is 0 Å². The molecule has 0 aliphatic carbocycles. The zero-order valence-electron chi connectivity index (χ0n) is 9.12. The highest BCUT2D eigenvalue weighted by atomic mass is 32.2. The van der Waals surface area contributed by atoms with Gasteiger partial charge in [-0.15, -0.1) is 11.3 Å². The zero-order chi connectivity index (χ0) is 12.0. The third kappa shape index (κ3) is 1.56. The average Bonchev–Trinajstić information content (AvgIpc) is 2.85.